The third-order valence-electron chi connectivity index (χ3n) is 7.54. The second-order valence-corrected chi connectivity index (χ2v) is 11.5. The number of piperazine rings is 1. The number of sulfonamides is 1. The lowest BCUT2D eigenvalue weighted by Gasteiger charge is -2.35. The number of benzene rings is 1. The Morgan fingerprint density at radius 2 is 1.32 bits per heavy atom. The molecule has 0 unspecified atom stereocenters. The van der Waals surface area contributed by atoms with Crippen LogP contribution in [0.25, 0.3) is 0 Å². The van der Waals surface area contributed by atoms with Gasteiger partial charge in [-0.15, -0.1) is 10.2 Å². The number of aryl methyl sites for hydroxylation is 1. The minimum absolute atomic E-state index is 0.144. The average Bonchev–Trinajstić information content (AvgIpc) is 3.32. The minimum atomic E-state index is -3.59. The molecule has 0 saturated carbocycles. The van der Waals surface area contributed by atoms with Crippen LogP contribution in [-0.2, 0) is 27.7 Å². The van der Waals surface area contributed by atoms with Crippen molar-refractivity contribution < 1.29 is 13.2 Å². The third-order valence-corrected chi connectivity index (χ3v) is 9.42. The molecule has 0 N–H and O–H groups in total. The van der Waals surface area contributed by atoms with Gasteiger partial charge in [-0.2, -0.15) is 4.31 Å². The van der Waals surface area contributed by atoms with Crippen LogP contribution in [0.5, 0.6) is 0 Å². The number of hydrogen-bond donors (Lipinski definition) is 0. The lowest BCUT2D eigenvalue weighted by molar-refractivity contribution is -0.118. The predicted molar refractivity (Wildman–Crippen MR) is 130 cm³/mol. The molecule has 2 saturated heterocycles. The Hall–Kier alpha value is -2.72. The summed E-state index contributed by atoms with van der Waals surface area (Å²) in [5.74, 6) is 1.86. The van der Waals surface area contributed by atoms with Gasteiger partial charge < -0.3 is 14.7 Å². The first kappa shape index (κ1) is 21.8. The normalized spacial score (nSPS) is 21.2. The van der Waals surface area contributed by atoms with Crippen molar-refractivity contribution in [1.82, 2.24) is 14.5 Å². The molecular formula is C24H30N6O3S. The highest BCUT2D eigenvalue weighted by Gasteiger charge is 2.35. The van der Waals surface area contributed by atoms with E-state index in [9.17, 15) is 13.2 Å². The van der Waals surface area contributed by atoms with Gasteiger partial charge in [0.05, 0.1) is 10.6 Å². The lowest BCUT2D eigenvalue weighted by Crippen LogP contribution is -2.49. The van der Waals surface area contributed by atoms with E-state index in [0.717, 1.165) is 48.0 Å². The zero-order valence-corrected chi connectivity index (χ0v) is 20.1. The van der Waals surface area contributed by atoms with E-state index in [1.165, 1.54) is 19.3 Å². The Morgan fingerprint density at radius 3 is 1.97 bits per heavy atom. The Kier molecular flexibility index (Phi) is 5.44. The number of aromatic nitrogens is 2. The number of anilines is 3. The summed E-state index contributed by atoms with van der Waals surface area (Å²) in [5, 5.41) is 8.88. The topological polar surface area (TPSA) is 90.0 Å². The Morgan fingerprint density at radius 1 is 0.706 bits per heavy atom. The average molecular weight is 483 g/mol. The van der Waals surface area contributed by atoms with E-state index < -0.39 is 10.0 Å². The molecule has 0 atom stereocenters. The van der Waals surface area contributed by atoms with Crippen molar-refractivity contribution in [2.45, 2.75) is 43.4 Å². The summed E-state index contributed by atoms with van der Waals surface area (Å²) in [6, 6.07) is 7.60. The van der Waals surface area contributed by atoms with Gasteiger partial charge in [-0.05, 0) is 67.5 Å². The molecule has 0 spiro atoms. The standard InChI is InChI=1S/C24H30N6O3S/c31-23-7-4-18-16-20(17-19-8-11-30(23)24(18)19)34(32,33)29-14-12-28(13-15-29)22-6-5-21(25-26-22)27-9-2-1-3-10-27/h5-6,16-17H,1-4,7-15H2. The first-order valence-corrected chi connectivity index (χ1v) is 13.7. The second kappa shape index (κ2) is 8.49. The number of hydrogen-bond acceptors (Lipinski definition) is 7. The number of carbonyl (C=O) groups is 1. The van der Waals surface area contributed by atoms with Crippen molar-refractivity contribution in [2.24, 2.45) is 0 Å². The van der Waals surface area contributed by atoms with Crippen LogP contribution in [-0.4, -0.2) is 74.6 Å². The fourth-order valence-electron chi connectivity index (χ4n) is 5.66. The first-order valence-electron chi connectivity index (χ1n) is 12.3. The Bertz CT molecular complexity index is 1200. The van der Waals surface area contributed by atoms with Crippen LogP contribution in [0.3, 0.4) is 0 Å². The van der Waals surface area contributed by atoms with Crippen molar-refractivity contribution in [3.05, 3.63) is 35.4 Å². The van der Waals surface area contributed by atoms with E-state index in [-0.39, 0.29) is 5.91 Å². The summed E-state index contributed by atoms with van der Waals surface area (Å²) in [7, 11) is -3.59. The smallest absolute Gasteiger partial charge is 0.243 e. The molecule has 0 radical (unpaired) electrons. The molecule has 1 aromatic carbocycles. The van der Waals surface area contributed by atoms with Crippen molar-refractivity contribution in [3.63, 3.8) is 0 Å². The maximum absolute atomic E-state index is 13.5. The SMILES string of the molecule is O=C1CCc2cc(S(=O)(=O)N3CCN(c4ccc(N5CCCCC5)nn4)CC3)cc3c2N1CC3. The van der Waals surface area contributed by atoms with Gasteiger partial charge in [0.1, 0.15) is 0 Å². The fraction of sp³-hybridized carbons (Fsp3) is 0.542. The van der Waals surface area contributed by atoms with Crippen LogP contribution in [0, 0.1) is 0 Å². The van der Waals surface area contributed by atoms with Crippen LogP contribution >= 0.6 is 0 Å². The van der Waals surface area contributed by atoms with Crippen molar-refractivity contribution in [2.75, 3.05) is 60.5 Å². The lowest BCUT2D eigenvalue weighted by atomic mass is 10.00. The van der Waals surface area contributed by atoms with Gasteiger partial charge in [-0.25, -0.2) is 8.42 Å². The molecule has 4 aliphatic rings. The van der Waals surface area contributed by atoms with E-state index in [4.69, 9.17) is 0 Å². The summed E-state index contributed by atoms with van der Waals surface area (Å²) in [5.41, 5.74) is 2.91. The van der Waals surface area contributed by atoms with E-state index in [2.05, 4.69) is 20.0 Å². The molecule has 1 amide bonds. The summed E-state index contributed by atoms with van der Waals surface area (Å²) in [6.45, 7) is 4.70. The molecule has 4 aliphatic heterocycles. The van der Waals surface area contributed by atoms with Crippen LogP contribution in [0.15, 0.2) is 29.2 Å². The Labute approximate surface area is 200 Å². The largest absolute Gasteiger partial charge is 0.355 e. The predicted octanol–water partition coefficient (Wildman–Crippen LogP) is 1.81. The zero-order valence-electron chi connectivity index (χ0n) is 19.3. The van der Waals surface area contributed by atoms with E-state index in [1.54, 1.807) is 16.4 Å². The van der Waals surface area contributed by atoms with Crippen LogP contribution in [0.2, 0.25) is 0 Å². The molecule has 6 rings (SSSR count). The van der Waals surface area contributed by atoms with Crippen molar-refractivity contribution >= 4 is 33.3 Å². The third kappa shape index (κ3) is 3.73. The summed E-state index contributed by atoms with van der Waals surface area (Å²) < 4.78 is 28.5. The first-order chi connectivity index (χ1) is 16.5. The van der Waals surface area contributed by atoms with Crippen molar-refractivity contribution in [1.29, 1.82) is 0 Å². The van der Waals surface area contributed by atoms with E-state index in [0.29, 0.717) is 50.5 Å². The molecule has 9 nitrogen and oxygen atoms in total. The molecule has 0 aliphatic carbocycles. The number of carbonyl (C=O) groups excluding carboxylic acids is 1. The van der Waals surface area contributed by atoms with Crippen molar-refractivity contribution in [3.8, 4) is 0 Å². The molecule has 2 fully saturated rings. The number of amides is 1. The van der Waals surface area contributed by atoms with Gasteiger partial charge in [0.25, 0.3) is 0 Å². The zero-order chi connectivity index (χ0) is 23.3. The van der Waals surface area contributed by atoms with Gasteiger partial charge in [0.15, 0.2) is 11.6 Å². The molecule has 0 bridgehead atoms. The maximum Gasteiger partial charge on any atom is 0.243 e. The van der Waals surface area contributed by atoms with Gasteiger partial charge in [-0.3, -0.25) is 4.79 Å². The number of nitrogens with zero attached hydrogens (tertiary/aromatic N) is 6. The molecule has 5 heterocycles. The summed E-state index contributed by atoms with van der Waals surface area (Å²) in [6.07, 6.45) is 5.45. The highest BCUT2D eigenvalue weighted by Crippen LogP contribution is 2.39. The van der Waals surface area contributed by atoms with Crippen LogP contribution in [0.1, 0.15) is 36.8 Å². The second-order valence-electron chi connectivity index (χ2n) is 9.57. The van der Waals surface area contributed by atoms with Crippen LogP contribution in [0.4, 0.5) is 17.3 Å². The van der Waals surface area contributed by atoms with Gasteiger partial charge in [0, 0.05) is 52.2 Å². The van der Waals surface area contributed by atoms with Gasteiger partial charge >= 0.3 is 0 Å². The highest BCUT2D eigenvalue weighted by atomic mass is 32.2. The molecular weight excluding hydrogens is 452 g/mol. The highest BCUT2D eigenvalue weighted by molar-refractivity contribution is 7.89. The minimum Gasteiger partial charge on any atom is -0.355 e. The number of piperidine rings is 1. The molecule has 10 heteroatoms. The molecule has 1 aromatic heterocycles. The van der Waals surface area contributed by atoms with Gasteiger partial charge in [0.2, 0.25) is 15.9 Å². The van der Waals surface area contributed by atoms with E-state index >= 15 is 0 Å². The van der Waals surface area contributed by atoms with Crippen LogP contribution < -0.4 is 14.7 Å². The number of rotatable bonds is 4. The van der Waals surface area contributed by atoms with E-state index in [1.807, 2.05) is 17.0 Å². The quantitative estimate of drug-likeness (QED) is 0.657. The maximum atomic E-state index is 13.5. The Balaban J connectivity index is 1.15. The van der Waals surface area contributed by atoms with Gasteiger partial charge in [-0.1, -0.05) is 0 Å². The summed E-state index contributed by atoms with van der Waals surface area (Å²) in [4.78, 5) is 18.7. The summed E-state index contributed by atoms with van der Waals surface area (Å²) >= 11 is 0. The monoisotopic (exact) mass is 482 g/mol. The molecule has 180 valence electrons. The molecule has 34 heavy (non-hydrogen) atoms. The fourth-order valence-corrected chi connectivity index (χ4v) is 7.18. The molecule has 2 aromatic rings.